The van der Waals surface area contributed by atoms with Gasteiger partial charge in [-0.3, -0.25) is 9.59 Å². The van der Waals surface area contributed by atoms with Crippen LogP contribution in [0.2, 0.25) is 0 Å². The van der Waals surface area contributed by atoms with E-state index in [0.29, 0.717) is 25.1 Å². The number of aryl methyl sites for hydroxylation is 1. The molecule has 4 nitrogen and oxygen atoms in total. The number of nitrogens with zero attached hydrogens (tertiary/aromatic N) is 1. The Bertz CT molecular complexity index is 812. The highest BCUT2D eigenvalue weighted by molar-refractivity contribution is 5.76. The lowest BCUT2D eigenvalue weighted by Crippen LogP contribution is -2.45. The third kappa shape index (κ3) is 5.41. The van der Waals surface area contributed by atoms with Crippen molar-refractivity contribution in [1.29, 1.82) is 0 Å². The molecule has 1 fully saturated rings. The van der Waals surface area contributed by atoms with Crippen LogP contribution in [0.5, 0.6) is 0 Å². The topological polar surface area (TPSA) is 49.4 Å². The molecule has 0 aromatic heterocycles. The maximum atomic E-state index is 13.9. The highest BCUT2D eigenvalue weighted by atomic mass is 19.1. The number of nitrogens with one attached hydrogen (secondary N) is 1. The number of piperidine rings is 1. The fourth-order valence-electron chi connectivity index (χ4n) is 3.64. The van der Waals surface area contributed by atoms with Crippen LogP contribution < -0.4 is 5.32 Å². The first-order chi connectivity index (χ1) is 13.5. The SMILES string of the molecule is CC(=O)N1CCC(NC(=O)CCCc2ccc(-c3ccccc3F)cc2)CC1. The van der Waals surface area contributed by atoms with E-state index in [2.05, 4.69) is 5.32 Å². The van der Waals surface area contributed by atoms with Gasteiger partial charge in [-0.25, -0.2) is 4.39 Å². The zero-order chi connectivity index (χ0) is 19.9. The summed E-state index contributed by atoms with van der Waals surface area (Å²) in [5.41, 5.74) is 2.60. The molecule has 1 aliphatic heterocycles. The maximum absolute atomic E-state index is 13.9. The van der Waals surface area contributed by atoms with E-state index in [1.54, 1.807) is 19.1 Å². The lowest BCUT2D eigenvalue weighted by atomic mass is 10.0. The van der Waals surface area contributed by atoms with E-state index in [1.807, 2.05) is 35.2 Å². The second-order valence-electron chi connectivity index (χ2n) is 7.38. The minimum Gasteiger partial charge on any atom is -0.353 e. The van der Waals surface area contributed by atoms with E-state index < -0.39 is 0 Å². The van der Waals surface area contributed by atoms with Crippen molar-refractivity contribution < 1.29 is 14.0 Å². The molecule has 0 spiro atoms. The van der Waals surface area contributed by atoms with E-state index in [9.17, 15) is 14.0 Å². The molecule has 1 heterocycles. The number of carbonyl (C=O) groups excluding carboxylic acids is 2. The third-order valence-electron chi connectivity index (χ3n) is 5.31. The summed E-state index contributed by atoms with van der Waals surface area (Å²) in [6.07, 6.45) is 3.72. The molecule has 3 rings (SSSR count). The van der Waals surface area contributed by atoms with Crippen molar-refractivity contribution in [1.82, 2.24) is 10.2 Å². The van der Waals surface area contributed by atoms with E-state index in [1.165, 1.54) is 6.07 Å². The molecule has 0 radical (unpaired) electrons. The number of likely N-dealkylation sites (tertiary alicyclic amines) is 1. The molecule has 2 aromatic carbocycles. The Kier molecular flexibility index (Phi) is 6.80. The summed E-state index contributed by atoms with van der Waals surface area (Å²) in [6, 6.07) is 14.8. The van der Waals surface area contributed by atoms with Gasteiger partial charge >= 0.3 is 0 Å². The van der Waals surface area contributed by atoms with E-state index in [0.717, 1.165) is 36.8 Å². The molecule has 1 aliphatic rings. The van der Waals surface area contributed by atoms with E-state index >= 15 is 0 Å². The van der Waals surface area contributed by atoms with Gasteiger partial charge in [0.05, 0.1) is 0 Å². The highest BCUT2D eigenvalue weighted by Crippen LogP contribution is 2.23. The predicted molar refractivity (Wildman–Crippen MR) is 108 cm³/mol. The number of halogens is 1. The molecule has 1 N–H and O–H groups in total. The Balaban J connectivity index is 1.41. The summed E-state index contributed by atoms with van der Waals surface area (Å²) in [5.74, 6) is -0.0453. The first-order valence-corrected chi connectivity index (χ1v) is 9.91. The van der Waals surface area contributed by atoms with Gasteiger partial charge in [-0.1, -0.05) is 42.5 Å². The number of rotatable bonds is 6. The summed E-state index contributed by atoms with van der Waals surface area (Å²) in [5, 5.41) is 3.08. The molecule has 0 aliphatic carbocycles. The molecule has 0 atom stereocenters. The molecule has 0 bridgehead atoms. The highest BCUT2D eigenvalue weighted by Gasteiger charge is 2.21. The van der Waals surface area contributed by atoms with E-state index in [-0.39, 0.29) is 23.7 Å². The molecule has 28 heavy (non-hydrogen) atoms. The van der Waals surface area contributed by atoms with Crippen LogP contribution in [0.25, 0.3) is 11.1 Å². The average Bonchev–Trinajstić information content (AvgIpc) is 2.69. The summed E-state index contributed by atoms with van der Waals surface area (Å²) in [4.78, 5) is 25.3. The van der Waals surface area contributed by atoms with Crippen LogP contribution in [0.4, 0.5) is 4.39 Å². The van der Waals surface area contributed by atoms with Crippen molar-refractivity contribution in [3.8, 4) is 11.1 Å². The summed E-state index contributed by atoms with van der Waals surface area (Å²) >= 11 is 0. The first-order valence-electron chi connectivity index (χ1n) is 9.91. The second-order valence-corrected chi connectivity index (χ2v) is 7.38. The zero-order valence-electron chi connectivity index (χ0n) is 16.3. The molecular weight excluding hydrogens is 355 g/mol. The molecular formula is C23H27FN2O2. The average molecular weight is 382 g/mol. The van der Waals surface area contributed by atoms with Crippen molar-refractivity contribution in [3.05, 3.63) is 59.9 Å². The number of hydrogen-bond acceptors (Lipinski definition) is 2. The van der Waals surface area contributed by atoms with Gasteiger partial charge in [0.2, 0.25) is 11.8 Å². The molecule has 2 aromatic rings. The Morgan fingerprint density at radius 3 is 2.39 bits per heavy atom. The van der Waals surface area contributed by atoms with Gasteiger partial charge in [0.1, 0.15) is 5.82 Å². The van der Waals surface area contributed by atoms with Crippen molar-refractivity contribution in [2.75, 3.05) is 13.1 Å². The van der Waals surface area contributed by atoms with Gasteiger partial charge in [0.15, 0.2) is 0 Å². The van der Waals surface area contributed by atoms with Crippen molar-refractivity contribution in [3.63, 3.8) is 0 Å². The fraction of sp³-hybridized carbons (Fsp3) is 0.391. The van der Waals surface area contributed by atoms with Crippen LogP contribution in [-0.4, -0.2) is 35.8 Å². The normalized spacial score (nSPS) is 14.7. The van der Waals surface area contributed by atoms with Crippen molar-refractivity contribution in [2.45, 2.75) is 45.1 Å². The van der Waals surface area contributed by atoms with Gasteiger partial charge in [0.25, 0.3) is 0 Å². The summed E-state index contributed by atoms with van der Waals surface area (Å²) in [6.45, 7) is 3.02. The molecule has 0 unspecified atom stereocenters. The van der Waals surface area contributed by atoms with Crippen LogP contribution >= 0.6 is 0 Å². The quantitative estimate of drug-likeness (QED) is 0.823. The summed E-state index contributed by atoms with van der Waals surface area (Å²) in [7, 11) is 0. The Morgan fingerprint density at radius 1 is 1.07 bits per heavy atom. The molecule has 5 heteroatoms. The Hall–Kier alpha value is -2.69. The summed E-state index contributed by atoms with van der Waals surface area (Å²) < 4.78 is 13.9. The Morgan fingerprint density at radius 2 is 1.75 bits per heavy atom. The Labute approximate surface area is 165 Å². The lowest BCUT2D eigenvalue weighted by molar-refractivity contribution is -0.130. The van der Waals surface area contributed by atoms with E-state index in [4.69, 9.17) is 0 Å². The second kappa shape index (κ2) is 9.49. The van der Waals surface area contributed by atoms with Gasteiger partial charge in [-0.2, -0.15) is 0 Å². The minimum atomic E-state index is -0.221. The smallest absolute Gasteiger partial charge is 0.220 e. The molecule has 1 saturated heterocycles. The minimum absolute atomic E-state index is 0.0734. The van der Waals surface area contributed by atoms with Crippen LogP contribution in [0.3, 0.4) is 0 Å². The first kappa shape index (κ1) is 20.1. The molecule has 148 valence electrons. The van der Waals surface area contributed by atoms with Gasteiger partial charge in [0, 0.05) is 38.0 Å². The van der Waals surface area contributed by atoms with Crippen LogP contribution in [0.15, 0.2) is 48.5 Å². The van der Waals surface area contributed by atoms with Gasteiger partial charge < -0.3 is 10.2 Å². The van der Waals surface area contributed by atoms with Crippen molar-refractivity contribution >= 4 is 11.8 Å². The van der Waals surface area contributed by atoms with Gasteiger partial charge in [-0.15, -0.1) is 0 Å². The zero-order valence-corrected chi connectivity index (χ0v) is 16.3. The third-order valence-corrected chi connectivity index (χ3v) is 5.31. The van der Waals surface area contributed by atoms with Gasteiger partial charge in [-0.05, 0) is 42.9 Å². The van der Waals surface area contributed by atoms with Crippen molar-refractivity contribution in [2.24, 2.45) is 0 Å². The maximum Gasteiger partial charge on any atom is 0.220 e. The number of benzene rings is 2. The fourth-order valence-corrected chi connectivity index (χ4v) is 3.64. The van der Waals surface area contributed by atoms with Crippen LogP contribution in [-0.2, 0) is 16.0 Å². The van der Waals surface area contributed by atoms with Crippen LogP contribution in [0.1, 0.15) is 38.2 Å². The number of amides is 2. The number of hydrogen-bond donors (Lipinski definition) is 1. The monoisotopic (exact) mass is 382 g/mol. The molecule has 0 saturated carbocycles. The molecule has 2 amide bonds. The predicted octanol–water partition coefficient (Wildman–Crippen LogP) is 3.94. The standard InChI is InChI=1S/C23H27FN2O2/c1-17(27)26-15-13-20(14-16-26)25-23(28)8-4-5-18-9-11-19(12-10-18)21-6-2-3-7-22(21)24/h2-3,6-7,9-12,20H,4-5,8,13-16H2,1H3,(H,25,28). The van der Waals surface area contributed by atoms with Crippen LogP contribution in [0, 0.1) is 5.82 Å². The lowest BCUT2D eigenvalue weighted by Gasteiger charge is -2.31. The number of carbonyl (C=O) groups is 2. The largest absolute Gasteiger partial charge is 0.353 e.